The molecule has 1 saturated heterocycles. The summed E-state index contributed by atoms with van der Waals surface area (Å²) in [6, 6.07) is 4.47. The van der Waals surface area contributed by atoms with Crippen LogP contribution >= 0.6 is 0 Å². The molecule has 3 heterocycles. The molecule has 0 N–H and O–H groups in total. The van der Waals surface area contributed by atoms with Crippen LogP contribution in [0.1, 0.15) is 62.6 Å². The van der Waals surface area contributed by atoms with Crippen molar-refractivity contribution in [2.75, 3.05) is 13.7 Å². The van der Waals surface area contributed by atoms with Crippen LogP contribution in [0.25, 0.3) is 0 Å². The largest absolute Gasteiger partial charge is 0.462 e. The van der Waals surface area contributed by atoms with Gasteiger partial charge in [-0.3, -0.25) is 4.90 Å². The predicted molar refractivity (Wildman–Crippen MR) is 86.8 cm³/mol. The van der Waals surface area contributed by atoms with Crippen LogP contribution in [0.4, 0.5) is 0 Å². The van der Waals surface area contributed by atoms with Crippen LogP contribution in [-0.4, -0.2) is 33.3 Å². The van der Waals surface area contributed by atoms with Gasteiger partial charge in [0.05, 0.1) is 13.1 Å². The van der Waals surface area contributed by atoms with E-state index in [-0.39, 0.29) is 6.10 Å². The lowest BCUT2D eigenvalue weighted by atomic mass is 10.1. The summed E-state index contributed by atoms with van der Waals surface area (Å²) in [6.07, 6.45) is 5.35. The van der Waals surface area contributed by atoms with E-state index in [1.165, 1.54) is 6.42 Å². The molecule has 1 atom stereocenters. The van der Waals surface area contributed by atoms with Crippen molar-refractivity contribution < 1.29 is 9.15 Å². The summed E-state index contributed by atoms with van der Waals surface area (Å²) in [5, 5.41) is 8.23. The Morgan fingerprint density at radius 3 is 2.91 bits per heavy atom. The quantitative estimate of drug-likeness (QED) is 0.818. The Kier molecular flexibility index (Phi) is 5.13. The minimum Gasteiger partial charge on any atom is -0.462 e. The Hall–Kier alpha value is -1.66. The molecule has 0 aliphatic carbocycles. The van der Waals surface area contributed by atoms with Crippen molar-refractivity contribution in [1.29, 1.82) is 0 Å². The molecule has 1 aliphatic heterocycles. The first-order valence-electron chi connectivity index (χ1n) is 8.40. The third-order valence-corrected chi connectivity index (χ3v) is 4.22. The lowest BCUT2D eigenvalue weighted by molar-refractivity contribution is 0.000897. The van der Waals surface area contributed by atoms with Crippen molar-refractivity contribution >= 4 is 0 Å². The number of rotatable bonds is 6. The Balaban J connectivity index is 1.58. The zero-order chi connectivity index (χ0) is 16.2. The second kappa shape index (κ2) is 7.27. The van der Waals surface area contributed by atoms with Crippen LogP contribution in [0.5, 0.6) is 0 Å². The summed E-state index contributed by atoms with van der Waals surface area (Å²) >= 11 is 0. The molecule has 0 spiro atoms. The van der Waals surface area contributed by atoms with Gasteiger partial charge >= 0.3 is 0 Å². The van der Waals surface area contributed by atoms with Crippen molar-refractivity contribution in [2.45, 2.75) is 58.3 Å². The summed E-state index contributed by atoms with van der Waals surface area (Å²) in [4.78, 5) is 2.19. The molecule has 6 nitrogen and oxygen atoms in total. The maximum Gasteiger partial charge on any atom is 0.147 e. The van der Waals surface area contributed by atoms with Gasteiger partial charge in [0.2, 0.25) is 0 Å². The number of hydrogen-bond donors (Lipinski definition) is 0. The zero-order valence-electron chi connectivity index (χ0n) is 14.2. The van der Waals surface area contributed by atoms with Gasteiger partial charge in [0.15, 0.2) is 0 Å². The first-order chi connectivity index (χ1) is 11.1. The molecular weight excluding hydrogens is 292 g/mol. The lowest BCUT2D eigenvalue weighted by Crippen LogP contribution is -2.20. The van der Waals surface area contributed by atoms with Gasteiger partial charge in [0.1, 0.15) is 29.8 Å². The SMILES string of the molecule is CC(C)n1cnnc1CN(C)Cc1ccc([C@H]2CCCCO2)o1. The molecule has 3 rings (SSSR count). The Bertz CT molecular complexity index is 614. The van der Waals surface area contributed by atoms with Gasteiger partial charge in [0.25, 0.3) is 0 Å². The maximum atomic E-state index is 5.98. The first-order valence-corrected chi connectivity index (χ1v) is 8.40. The molecule has 0 radical (unpaired) electrons. The maximum absolute atomic E-state index is 5.98. The fourth-order valence-electron chi connectivity index (χ4n) is 2.99. The molecule has 1 fully saturated rings. The summed E-state index contributed by atoms with van der Waals surface area (Å²) in [5.41, 5.74) is 0. The van der Waals surface area contributed by atoms with Gasteiger partial charge in [-0.1, -0.05) is 0 Å². The highest BCUT2D eigenvalue weighted by Crippen LogP contribution is 2.29. The van der Waals surface area contributed by atoms with Gasteiger partial charge in [-0.2, -0.15) is 0 Å². The van der Waals surface area contributed by atoms with E-state index in [9.17, 15) is 0 Å². The van der Waals surface area contributed by atoms with Crippen LogP contribution in [0.3, 0.4) is 0 Å². The summed E-state index contributed by atoms with van der Waals surface area (Å²) in [7, 11) is 2.07. The Morgan fingerprint density at radius 1 is 1.30 bits per heavy atom. The Labute approximate surface area is 137 Å². The van der Waals surface area contributed by atoms with E-state index in [1.54, 1.807) is 6.33 Å². The van der Waals surface area contributed by atoms with Crippen LogP contribution < -0.4 is 0 Å². The van der Waals surface area contributed by atoms with E-state index in [0.29, 0.717) is 6.04 Å². The van der Waals surface area contributed by atoms with E-state index in [1.807, 2.05) is 0 Å². The minimum absolute atomic E-state index is 0.131. The van der Waals surface area contributed by atoms with Gasteiger partial charge in [-0.25, -0.2) is 0 Å². The molecule has 2 aromatic rings. The highest BCUT2D eigenvalue weighted by molar-refractivity contribution is 5.10. The fourth-order valence-corrected chi connectivity index (χ4v) is 2.99. The van der Waals surface area contributed by atoms with E-state index < -0.39 is 0 Å². The monoisotopic (exact) mass is 318 g/mol. The average molecular weight is 318 g/mol. The van der Waals surface area contributed by atoms with Crippen LogP contribution in [-0.2, 0) is 17.8 Å². The topological polar surface area (TPSA) is 56.3 Å². The summed E-state index contributed by atoms with van der Waals surface area (Å²) < 4.78 is 13.9. The molecule has 23 heavy (non-hydrogen) atoms. The number of furan rings is 1. The number of ether oxygens (including phenoxy) is 1. The fraction of sp³-hybridized carbons (Fsp3) is 0.647. The number of aromatic nitrogens is 3. The molecule has 6 heteroatoms. The molecule has 1 aliphatic rings. The third kappa shape index (κ3) is 4.00. The minimum atomic E-state index is 0.131. The normalized spacial score (nSPS) is 18.9. The molecule has 0 unspecified atom stereocenters. The van der Waals surface area contributed by atoms with Crippen molar-refractivity contribution in [3.63, 3.8) is 0 Å². The Morgan fingerprint density at radius 2 is 2.17 bits per heavy atom. The van der Waals surface area contributed by atoms with Crippen molar-refractivity contribution in [3.8, 4) is 0 Å². The molecular formula is C17H26N4O2. The summed E-state index contributed by atoms with van der Waals surface area (Å²) in [5.74, 6) is 2.90. The van der Waals surface area contributed by atoms with Gasteiger partial charge in [-0.05, 0) is 52.3 Å². The molecule has 126 valence electrons. The molecule has 0 saturated carbocycles. The van der Waals surface area contributed by atoms with E-state index in [2.05, 4.69) is 52.7 Å². The van der Waals surface area contributed by atoms with E-state index >= 15 is 0 Å². The van der Waals surface area contributed by atoms with Crippen molar-refractivity contribution in [3.05, 3.63) is 35.8 Å². The van der Waals surface area contributed by atoms with Gasteiger partial charge in [-0.15, -0.1) is 10.2 Å². The van der Waals surface area contributed by atoms with Gasteiger partial charge in [0, 0.05) is 12.6 Å². The van der Waals surface area contributed by atoms with Crippen LogP contribution in [0.15, 0.2) is 22.9 Å². The number of nitrogens with zero attached hydrogens (tertiary/aromatic N) is 4. The standard InChI is InChI=1S/C17H26N4O2/c1-13(2)21-12-18-19-17(21)11-20(3)10-14-7-8-16(23-14)15-6-4-5-9-22-15/h7-8,12-13,15H,4-6,9-11H2,1-3H3/t15-/m1/s1. The van der Waals surface area contributed by atoms with Crippen molar-refractivity contribution in [1.82, 2.24) is 19.7 Å². The summed E-state index contributed by atoms with van der Waals surface area (Å²) in [6.45, 7) is 6.60. The van der Waals surface area contributed by atoms with Crippen molar-refractivity contribution in [2.24, 2.45) is 0 Å². The predicted octanol–water partition coefficient (Wildman–Crippen LogP) is 3.33. The highest BCUT2D eigenvalue weighted by Gasteiger charge is 2.20. The smallest absolute Gasteiger partial charge is 0.147 e. The molecule has 0 aromatic carbocycles. The molecule has 2 aromatic heterocycles. The van der Waals surface area contributed by atoms with E-state index in [0.717, 1.165) is 49.9 Å². The average Bonchev–Trinajstić information content (AvgIpc) is 3.17. The zero-order valence-corrected chi connectivity index (χ0v) is 14.2. The van der Waals surface area contributed by atoms with Gasteiger partial charge < -0.3 is 13.7 Å². The first kappa shape index (κ1) is 16.2. The second-order valence-corrected chi connectivity index (χ2v) is 6.58. The van der Waals surface area contributed by atoms with E-state index in [4.69, 9.17) is 9.15 Å². The number of hydrogen-bond acceptors (Lipinski definition) is 5. The lowest BCUT2D eigenvalue weighted by Gasteiger charge is -2.20. The molecule has 0 amide bonds. The van der Waals surface area contributed by atoms with Crippen LogP contribution in [0, 0.1) is 0 Å². The third-order valence-electron chi connectivity index (χ3n) is 4.22. The highest BCUT2D eigenvalue weighted by atomic mass is 16.5. The second-order valence-electron chi connectivity index (χ2n) is 6.58. The van der Waals surface area contributed by atoms with Crippen LogP contribution in [0.2, 0.25) is 0 Å². The molecule has 0 bridgehead atoms.